The minimum Gasteiger partial charge on any atom is -0.369 e. The zero-order valence-electron chi connectivity index (χ0n) is 10.2. The second-order valence-corrected chi connectivity index (χ2v) is 5.33. The van der Waals surface area contributed by atoms with Gasteiger partial charge in [0.05, 0.1) is 12.2 Å². The molecule has 0 bridgehead atoms. The smallest absolute Gasteiger partial charge is 0.0916 e. The maximum absolute atomic E-state index is 5.77. The molecule has 2 unspecified atom stereocenters. The third-order valence-electron chi connectivity index (χ3n) is 4.31. The summed E-state index contributed by atoms with van der Waals surface area (Å²) in [5.74, 6) is 1.16. The Bertz CT molecular complexity index is 534. The third kappa shape index (κ3) is 1.58. The molecule has 1 aliphatic heterocycles. The Kier molecular flexibility index (Phi) is 2.27. The van der Waals surface area contributed by atoms with Gasteiger partial charge >= 0.3 is 0 Å². The van der Waals surface area contributed by atoms with Crippen LogP contribution in [0.1, 0.15) is 29.4 Å². The van der Waals surface area contributed by atoms with Crippen LogP contribution in [0, 0.1) is 0 Å². The molecule has 4 atom stereocenters. The summed E-state index contributed by atoms with van der Waals surface area (Å²) in [5, 5.41) is 0. The SMILES string of the molecule is c1ccc([C@@H]2C3OC3C[C@H]2c2ccccc2)cc1. The summed E-state index contributed by atoms with van der Waals surface area (Å²) in [5.41, 5.74) is 2.89. The number of ether oxygens (including phenoxy) is 1. The highest BCUT2D eigenvalue weighted by molar-refractivity contribution is 5.35. The lowest BCUT2D eigenvalue weighted by atomic mass is 9.83. The van der Waals surface area contributed by atoms with Gasteiger partial charge in [-0.3, -0.25) is 0 Å². The average Bonchev–Trinajstić information content (AvgIpc) is 3.11. The van der Waals surface area contributed by atoms with Crippen LogP contribution in [-0.4, -0.2) is 12.2 Å². The largest absolute Gasteiger partial charge is 0.369 e. The van der Waals surface area contributed by atoms with E-state index in [2.05, 4.69) is 60.7 Å². The van der Waals surface area contributed by atoms with Gasteiger partial charge in [-0.15, -0.1) is 0 Å². The van der Waals surface area contributed by atoms with Crippen molar-refractivity contribution < 1.29 is 4.74 Å². The molecule has 2 fully saturated rings. The first kappa shape index (κ1) is 10.3. The highest BCUT2D eigenvalue weighted by Gasteiger charge is 2.56. The Balaban J connectivity index is 1.72. The van der Waals surface area contributed by atoms with E-state index >= 15 is 0 Å². The van der Waals surface area contributed by atoms with Crippen LogP contribution < -0.4 is 0 Å². The lowest BCUT2D eigenvalue weighted by Gasteiger charge is -2.22. The van der Waals surface area contributed by atoms with Gasteiger partial charge < -0.3 is 4.74 Å². The molecule has 0 N–H and O–H groups in total. The number of rotatable bonds is 2. The monoisotopic (exact) mass is 236 g/mol. The molecule has 1 saturated heterocycles. The molecule has 1 heterocycles. The standard InChI is InChI=1S/C17H16O/c1-3-7-12(8-4-1)14-11-15-17(18-15)16(14)13-9-5-2-6-10-13/h1-10,14-17H,11H2/t14-,15?,16-,17?/m0/s1. The molecule has 4 rings (SSSR count). The minimum atomic E-state index is 0.456. The zero-order valence-corrected chi connectivity index (χ0v) is 10.2. The summed E-state index contributed by atoms with van der Waals surface area (Å²) in [6, 6.07) is 21.7. The van der Waals surface area contributed by atoms with Crippen LogP contribution in [0.4, 0.5) is 0 Å². The number of hydrogen-bond acceptors (Lipinski definition) is 1. The van der Waals surface area contributed by atoms with Crippen LogP contribution in [0.5, 0.6) is 0 Å². The molecule has 2 aromatic carbocycles. The summed E-state index contributed by atoms with van der Waals surface area (Å²) >= 11 is 0. The van der Waals surface area contributed by atoms with Crippen molar-refractivity contribution in [1.29, 1.82) is 0 Å². The average molecular weight is 236 g/mol. The van der Waals surface area contributed by atoms with Gasteiger partial charge in [0.15, 0.2) is 0 Å². The normalized spacial score (nSPS) is 33.1. The van der Waals surface area contributed by atoms with Crippen molar-refractivity contribution in [3.05, 3.63) is 71.8 Å². The lowest BCUT2D eigenvalue weighted by Crippen LogP contribution is -2.11. The Labute approximate surface area is 107 Å². The second kappa shape index (κ2) is 3.96. The summed E-state index contributed by atoms with van der Waals surface area (Å²) in [4.78, 5) is 0. The Morgan fingerprint density at radius 2 is 1.39 bits per heavy atom. The summed E-state index contributed by atoms with van der Waals surface area (Å²) in [6.07, 6.45) is 2.13. The number of benzene rings is 2. The Hall–Kier alpha value is -1.60. The van der Waals surface area contributed by atoms with E-state index in [9.17, 15) is 0 Å². The molecule has 0 amide bonds. The van der Waals surface area contributed by atoms with Crippen molar-refractivity contribution in [2.75, 3.05) is 0 Å². The van der Waals surface area contributed by atoms with Crippen LogP contribution in [-0.2, 0) is 4.74 Å². The van der Waals surface area contributed by atoms with E-state index in [1.54, 1.807) is 0 Å². The fraction of sp³-hybridized carbons (Fsp3) is 0.294. The van der Waals surface area contributed by atoms with Gasteiger partial charge in [-0.05, 0) is 23.5 Å². The number of epoxide rings is 1. The van der Waals surface area contributed by atoms with Gasteiger partial charge in [-0.1, -0.05) is 60.7 Å². The number of fused-ring (bicyclic) bond motifs is 1. The topological polar surface area (TPSA) is 12.5 Å². The van der Waals surface area contributed by atoms with E-state index < -0.39 is 0 Å². The summed E-state index contributed by atoms with van der Waals surface area (Å²) in [7, 11) is 0. The highest BCUT2D eigenvalue weighted by Crippen LogP contribution is 2.55. The maximum atomic E-state index is 5.77. The van der Waals surface area contributed by atoms with Gasteiger partial charge in [0, 0.05) is 5.92 Å². The highest BCUT2D eigenvalue weighted by atomic mass is 16.6. The summed E-state index contributed by atoms with van der Waals surface area (Å²) < 4.78 is 5.77. The summed E-state index contributed by atoms with van der Waals surface area (Å²) in [6.45, 7) is 0. The van der Waals surface area contributed by atoms with Gasteiger partial charge in [-0.25, -0.2) is 0 Å². The van der Waals surface area contributed by atoms with Crippen LogP contribution in [0.15, 0.2) is 60.7 Å². The Morgan fingerprint density at radius 3 is 2.06 bits per heavy atom. The van der Waals surface area contributed by atoms with Gasteiger partial charge in [0.25, 0.3) is 0 Å². The molecule has 0 radical (unpaired) electrons. The van der Waals surface area contributed by atoms with E-state index in [0.29, 0.717) is 24.0 Å². The fourth-order valence-electron chi connectivity index (χ4n) is 3.43. The van der Waals surface area contributed by atoms with E-state index in [4.69, 9.17) is 4.74 Å². The molecule has 1 aliphatic carbocycles. The van der Waals surface area contributed by atoms with Crippen molar-refractivity contribution in [1.82, 2.24) is 0 Å². The lowest BCUT2D eigenvalue weighted by molar-refractivity contribution is 0.281. The van der Waals surface area contributed by atoms with Gasteiger partial charge in [0.2, 0.25) is 0 Å². The maximum Gasteiger partial charge on any atom is 0.0916 e. The van der Waals surface area contributed by atoms with Crippen molar-refractivity contribution in [2.24, 2.45) is 0 Å². The minimum absolute atomic E-state index is 0.456. The first-order chi connectivity index (χ1) is 8.93. The van der Waals surface area contributed by atoms with Crippen molar-refractivity contribution in [3.8, 4) is 0 Å². The Morgan fingerprint density at radius 1 is 0.778 bits per heavy atom. The predicted molar refractivity (Wildman–Crippen MR) is 71.6 cm³/mol. The first-order valence-electron chi connectivity index (χ1n) is 6.69. The zero-order chi connectivity index (χ0) is 11.9. The number of hydrogen-bond donors (Lipinski definition) is 0. The first-order valence-corrected chi connectivity index (χ1v) is 6.69. The van der Waals surface area contributed by atoms with Crippen molar-refractivity contribution >= 4 is 0 Å². The quantitative estimate of drug-likeness (QED) is 0.724. The van der Waals surface area contributed by atoms with E-state index in [1.807, 2.05) is 0 Å². The molecule has 1 heteroatoms. The van der Waals surface area contributed by atoms with E-state index in [-0.39, 0.29) is 0 Å². The van der Waals surface area contributed by atoms with Crippen LogP contribution in [0.25, 0.3) is 0 Å². The van der Waals surface area contributed by atoms with Crippen molar-refractivity contribution in [3.63, 3.8) is 0 Å². The second-order valence-electron chi connectivity index (χ2n) is 5.33. The van der Waals surface area contributed by atoms with Gasteiger partial charge in [0.1, 0.15) is 0 Å². The molecule has 0 spiro atoms. The van der Waals surface area contributed by atoms with Crippen molar-refractivity contribution in [2.45, 2.75) is 30.5 Å². The molecule has 18 heavy (non-hydrogen) atoms. The predicted octanol–water partition coefficient (Wildman–Crippen LogP) is 3.73. The van der Waals surface area contributed by atoms with E-state index in [0.717, 1.165) is 0 Å². The molecular formula is C17H16O. The molecular weight excluding hydrogens is 220 g/mol. The molecule has 90 valence electrons. The third-order valence-corrected chi connectivity index (χ3v) is 4.31. The van der Waals surface area contributed by atoms with Crippen LogP contribution >= 0.6 is 0 Å². The van der Waals surface area contributed by atoms with Crippen LogP contribution in [0.2, 0.25) is 0 Å². The molecule has 2 aliphatic rings. The van der Waals surface area contributed by atoms with E-state index in [1.165, 1.54) is 17.5 Å². The molecule has 2 aromatic rings. The molecule has 1 nitrogen and oxygen atoms in total. The van der Waals surface area contributed by atoms with Crippen LogP contribution in [0.3, 0.4) is 0 Å². The molecule has 1 saturated carbocycles. The molecule has 0 aromatic heterocycles. The fourth-order valence-corrected chi connectivity index (χ4v) is 3.43. The van der Waals surface area contributed by atoms with Gasteiger partial charge in [-0.2, -0.15) is 0 Å².